The molecule has 1 fully saturated rings. The standard InChI is InChI=1S/C14H21N3O/c1-11-6-5-9-16-12(11)13(18)17-10-14(15)7-3-2-4-8-14/h5-6,9H,2-4,7-8,10,15H2,1H3,(H,17,18). The first-order chi connectivity index (χ1) is 8.61. The van der Waals surface area contributed by atoms with Gasteiger partial charge < -0.3 is 11.1 Å². The maximum Gasteiger partial charge on any atom is 0.270 e. The van der Waals surface area contributed by atoms with Gasteiger partial charge in [0.1, 0.15) is 5.69 Å². The molecular weight excluding hydrogens is 226 g/mol. The largest absolute Gasteiger partial charge is 0.349 e. The first kappa shape index (κ1) is 13.0. The molecular formula is C14H21N3O. The zero-order chi connectivity index (χ0) is 13.0. The minimum Gasteiger partial charge on any atom is -0.349 e. The van der Waals surface area contributed by atoms with Crippen LogP contribution in [0.25, 0.3) is 0 Å². The Labute approximate surface area is 108 Å². The summed E-state index contributed by atoms with van der Waals surface area (Å²) in [6.45, 7) is 2.43. The van der Waals surface area contributed by atoms with Gasteiger partial charge in [0.2, 0.25) is 0 Å². The number of carbonyl (C=O) groups is 1. The Morgan fingerprint density at radius 2 is 2.17 bits per heavy atom. The van der Waals surface area contributed by atoms with Crippen LogP contribution in [0.2, 0.25) is 0 Å². The van der Waals surface area contributed by atoms with Crippen molar-refractivity contribution in [3.05, 3.63) is 29.6 Å². The van der Waals surface area contributed by atoms with E-state index in [2.05, 4.69) is 10.3 Å². The molecule has 0 unspecified atom stereocenters. The molecule has 1 aromatic rings. The second-order valence-electron chi connectivity index (χ2n) is 5.27. The summed E-state index contributed by atoms with van der Waals surface area (Å²) in [6, 6.07) is 3.72. The van der Waals surface area contributed by atoms with Crippen molar-refractivity contribution in [3.63, 3.8) is 0 Å². The van der Waals surface area contributed by atoms with Gasteiger partial charge in [-0.2, -0.15) is 0 Å². The van der Waals surface area contributed by atoms with Gasteiger partial charge >= 0.3 is 0 Å². The highest BCUT2D eigenvalue weighted by Gasteiger charge is 2.28. The summed E-state index contributed by atoms with van der Waals surface area (Å²) in [7, 11) is 0. The van der Waals surface area contributed by atoms with Crippen molar-refractivity contribution < 1.29 is 4.79 Å². The van der Waals surface area contributed by atoms with E-state index >= 15 is 0 Å². The van der Waals surface area contributed by atoms with Gasteiger partial charge in [-0.1, -0.05) is 25.3 Å². The normalized spacial score (nSPS) is 18.3. The number of aromatic nitrogens is 1. The molecule has 1 saturated carbocycles. The zero-order valence-corrected chi connectivity index (χ0v) is 10.9. The smallest absolute Gasteiger partial charge is 0.270 e. The van der Waals surface area contributed by atoms with Crippen LogP contribution in [0.4, 0.5) is 0 Å². The molecule has 1 aromatic heterocycles. The van der Waals surface area contributed by atoms with Gasteiger partial charge in [-0.25, -0.2) is 0 Å². The van der Waals surface area contributed by atoms with E-state index in [4.69, 9.17) is 5.73 Å². The fraction of sp³-hybridized carbons (Fsp3) is 0.571. The van der Waals surface area contributed by atoms with Gasteiger partial charge in [0.05, 0.1) is 0 Å². The molecule has 4 nitrogen and oxygen atoms in total. The highest BCUT2D eigenvalue weighted by Crippen LogP contribution is 2.25. The van der Waals surface area contributed by atoms with E-state index in [9.17, 15) is 4.79 Å². The van der Waals surface area contributed by atoms with Crippen molar-refractivity contribution >= 4 is 5.91 Å². The molecule has 0 spiro atoms. The fourth-order valence-corrected chi connectivity index (χ4v) is 2.50. The molecule has 0 aliphatic heterocycles. The Kier molecular flexibility index (Phi) is 3.97. The predicted octanol–water partition coefficient (Wildman–Crippen LogP) is 1.78. The number of carbonyl (C=O) groups excluding carboxylic acids is 1. The first-order valence-corrected chi connectivity index (χ1v) is 6.59. The minimum absolute atomic E-state index is 0.122. The number of nitrogens with zero attached hydrogens (tertiary/aromatic N) is 1. The molecule has 0 saturated heterocycles. The third-order valence-electron chi connectivity index (χ3n) is 3.67. The quantitative estimate of drug-likeness (QED) is 0.855. The van der Waals surface area contributed by atoms with Crippen LogP contribution in [-0.4, -0.2) is 23.0 Å². The average Bonchev–Trinajstić information content (AvgIpc) is 2.38. The number of aryl methyl sites for hydroxylation is 1. The van der Waals surface area contributed by atoms with Crippen LogP contribution < -0.4 is 11.1 Å². The van der Waals surface area contributed by atoms with Gasteiger partial charge in [0, 0.05) is 18.3 Å². The predicted molar refractivity (Wildman–Crippen MR) is 71.3 cm³/mol. The summed E-state index contributed by atoms with van der Waals surface area (Å²) < 4.78 is 0. The Bertz CT molecular complexity index is 425. The Morgan fingerprint density at radius 1 is 1.44 bits per heavy atom. The molecule has 0 aromatic carbocycles. The molecule has 4 heteroatoms. The van der Waals surface area contributed by atoms with Gasteiger partial charge in [0.15, 0.2) is 0 Å². The summed E-state index contributed by atoms with van der Waals surface area (Å²) in [4.78, 5) is 16.1. The van der Waals surface area contributed by atoms with Crippen LogP contribution in [0, 0.1) is 6.92 Å². The molecule has 0 atom stereocenters. The third kappa shape index (κ3) is 3.07. The average molecular weight is 247 g/mol. The highest BCUT2D eigenvalue weighted by atomic mass is 16.1. The third-order valence-corrected chi connectivity index (χ3v) is 3.67. The molecule has 2 rings (SSSR count). The molecule has 3 N–H and O–H groups in total. The number of nitrogens with one attached hydrogen (secondary N) is 1. The lowest BCUT2D eigenvalue weighted by molar-refractivity contribution is 0.0932. The Hall–Kier alpha value is -1.42. The number of hydrogen-bond acceptors (Lipinski definition) is 3. The van der Waals surface area contributed by atoms with Gasteiger partial charge in [-0.3, -0.25) is 9.78 Å². The molecule has 18 heavy (non-hydrogen) atoms. The van der Waals surface area contributed by atoms with Crippen LogP contribution in [0.1, 0.15) is 48.2 Å². The van der Waals surface area contributed by atoms with E-state index in [-0.39, 0.29) is 11.4 Å². The molecule has 98 valence electrons. The van der Waals surface area contributed by atoms with E-state index in [1.165, 1.54) is 6.42 Å². The van der Waals surface area contributed by atoms with E-state index < -0.39 is 0 Å². The Balaban J connectivity index is 1.94. The van der Waals surface area contributed by atoms with E-state index in [0.29, 0.717) is 12.2 Å². The lowest BCUT2D eigenvalue weighted by atomic mass is 9.82. The number of rotatable bonds is 3. The summed E-state index contributed by atoms with van der Waals surface area (Å²) in [5.74, 6) is -0.122. The molecule has 1 aliphatic rings. The summed E-state index contributed by atoms with van der Waals surface area (Å²) in [5.41, 5.74) is 7.45. The Morgan fingerprint density at radius 3 is 2.83 bits per heavy atom. The minimum atomic E-state index is -0.226. The molecule has 1 aliphatic carbocycles. The van der Waals surface area contributed by atoms with E-state index in [1.807, 2.05) is 19.1 Å². The first-order valence-electron chi connectivity index (χ1n) is 6.59. The highest BCUT2D eigenvalue weighted by molar-refractivity contribution is 5.93. The lowest BCUT2D eigenvalue weighted by Crippen LogP contribution is -2.51. The number of pyridine rings is 1. The monoisotopic (exact) mass is 247 g/mol. The second kappa shape index (κ2) is 5.48. The van der Waals surface area contributed by atoms with Crippen molar-refractivity contribution in [3.8, 4) is 0 Å². The van der Waals surface area contributed by atoms with Gasteiger partial charge in [-0.05, 0) is 31.4 Å². The topological polar surface area (TPSA) is 68.0 Å². The van der Waals surface area contributed by atoms with Gasteiger partial charge in [-0.15, -0.1) is 0 Å². The van der Waals surface area contributed by atoms with Gasteiger partial charge in [0.25, 0.3) is 5.91 Å². The van der Waals surface area contributed by atoms with Crippen molar-refractivity contribution in [2.45, 2.75) is 44.6 Å². The molecule has 0 bridgehead atoms. The number of amides is 1. The number of hydrogen-bond donors (Lipinski definition) is 2. The van der Waals surface area contributed by atoms with E-state index in [1.54, 1.807) is 6.20 Å². The van der Waals surface area contributed by atoms with Crippen LogP contribution in [0.3, 0.4) is 0 Å². The second-order valence-corrected chi connectivity index (χ2v) is 5.27. The molecule has 1 amide bonds. The van der Waals surface area contributed by atoms with Crippen LogP contribution in [-0.2, 0) is 0 Å². The van der Waals surface area contributed by atoms with Crippen molar-refractivity contribution in [2.75, 3.05) is 6.54 Å². The summed E-state index contributed by atoms with van der Waals surface area (Å²) in [6.07, 6.45) is 7.21. The zero-order valence-electron chi connectivity index (χ0n) is 10.9. The lowest BCUT2D eigenvalue weighted by Gasteiger charge is -2.33. The van der Waals surface area contributed by atoms with Crippen molar-refractivity contribution in [1.29, 1.82) is 0 Å². The SMILES string of the molecule is Cc1cccnc1C(=O)NCC1(N)CCCCC1. The summed E-state index contributed by atoms with van der Waals surface area (Å²) >= 11 is 0. The summed E-state index contributed by atoms with van der Waals surface area (Å²) in [5, 5.41) is 2.92. The maximum atomic E-state index is 12.0. The van der Waals surface area contributed by atoms with Crippen molar-refractivity contribution in [1.82, 2.24) is 10.3 Å². The maximum absolute atomic E-state index is 12.0. The molecule has 0 radical (unpaired) electrons. The van der Waals surface area contributed by atoms with Crippen LogP contribution in [0.5, 0.6) is 0 Å². The van der Waals surface area contributed by atoms with Crippen LogP contribution >= 0.6 is 0 Å². The van der Waals surface area contributed by atoms with Crippen LogP contribution in [0.15, 0.2) is 18.3 Å². The van der Waals surface area contributed by atoms with E-state index in [0.717, 1.165) is 31.2 Å². The fourth-order valence-electron chi connectivity index (χ4n) is 2.50. The molecule has 1 heterocycles. The number of nitrogens with two attached hydrogens (primary N) is 1. The van der Waals surface area contributed by atoms with Crippen molar-refractivity contribution in [2.24, 2.45) is 5.73 Å².